The number of rotatable bonds is 3. The van der Waals surface area contributed by atoms with Gasteiger partial charge in [0.25, 0.3) is 5.91 Å². The molecule has 2 heterocycles. The summed E-state index contributed by atoms with van der Waals surface area (Å²) >= 11 is 6.26. The number of aromatic nitrogens is 1. The van der Waals surface area contributed by atoms with E-state index in [1.54, 1.807) is 19.1 Å². The standard InChI is InChI=1S/C21H17ClN4O2/c1-13-8-9-14-11-15(18(22)24-17(14)10-13)12-23-26-19(27)21(2,25-20(26)28)16-6-4-3-5-7-16/h3-12H,1-2H3,(H,25,28)/b23-12-/t21-/m1/s1. The molecule has 1 aliphatic heterocycles. The Kier molecular flexibility index (Phi) is 4.35. The lowest BCUT2D eigenvalue weighted by Gasteiger charge is -2.20. The van der Waals surface area contributed by atoms with Crippen molar-refractivity contribution in [1.82, 2.24) is 15.3 Å². The summed E-state index contributed by atoms with van der Waals surface area (Å²) in [4.78, 5) is 29.6. The minimum absolute atomic E-state index is 0.250. The van der Waals surface area contributed by atoms with Gasteiger partial charge in [-0.1, -0.05) is 54.1 Å². The van der Waals surface area contributed by atoms with E-state index in [1.165, 1.54) is 6.21 Å². The molecule has 0 radical (unpaired) electrons. The van der Waals surface area contributed by atoms with Crippen LogP contribution >= 0.6 is 11.6 Å². The first kappa shape index (κ1) is 18.1. The lowest BCUT2D eigenvalue weighted by atomic mass is 9.92. The summed E-state index contributed by atoms with van der Waals surface area (Å²) in [6.07, 6.45) is 1.38. The second kappa shape index (κ2) is 6.73. The van der Waals surface area contributed by atoms with E-state index < -0.39 is 17.5 Å². The summed E-state index contributed by atoms with van der Waals surface area (Å²) in [5, 5.41) is 8.76. The number of urea groups is 1. The SMILES string of the molecule is Cc1ccc2cc(/C=N\N3C(=O)N[C@](C)(c4ccccc4)C3=O)c(Cl)nc2c1. The zero-order valence-corrected chi connectivity index (χ0v) is 16.1. The van der Waals surface area contributed by atoms with Gasteiger partial charge in [0.15, 0.2) is 0 Å². The van der Waals surface area contributed by atoms with Crippen molar-refractivity contribution in [3.8, 4) is 0 Å². The molecule has 1 N–H and O–H groups in total. The number of carbonyl (C=O) groups is 2. The summed E-state index contributed by atoms with van der Waals surface area (Å²) < 4.78 is 0. The van der Waals surface area contributed by atoms with Gasteiger partial charge in [0.05, 0.1) is 11.7 Å². The summed E-state index contributed by atoms with van der Waals surface area (Å²) in [5.41, 5.74) is 1.89. The molecule has 0 aliphatic carbocycles. The third kappa shape index (κ3) is 3.01. The molecule has 1 fully saturated rings. The van der Waals surface area contributed by atoms with Crippen LogP contribution in [0.25, 0.3) is 10.9 Å². The monoisotopic (exact) mass is 392 g/mol. The van der Waals surface area contributed by atoms with Crippen LogP contribution in [-0.2, 0) is 10.3 Å². The molecule has 6 nitrogen and oxygen atoms in total. The van der Waals surface area contributed by atoms with E-state index in [4.69, 9.17) is 11.6 Å². The maximum absolute atomic E-state index is 12.9. The zero-order valence-electron chi connectivity index (χ0n) is 15.3. The number of carbonyl (C=O) groups excluding carboxylic acids is 2. The van der Waals surface area contributed by atoms with Crippen molar-refractivity contribution in [1.29, 1.82) is 0 Å². The Balaban J connectivity index is 1.66. The van der Waals surface area contributed by atoms with Crippen molar-refractivity contribution in [3.05, 3.63) is 76.4 Å². The number of amides is 3. The van der Waals surface area contributed by atoms with Crippen molar-refractivity contribution < 1.29 is 9.59 Å². The van der Waals surface area contributed by atoms with Crippen molar-refractivity contribution >= 4 is 40.7 Å². The fraction of sp³-hybridized carbons (Fsp3) is 0.143. The van der Waals surface area contributed by atoms with E-state index in [9.17, 15) is 9.59 Å². The fourth-order valence-electron chi connectivity index (χ4n) is 3.18. The smallest absolute Gasteiger partial charge is 0.318 e. The van der Waals surface area contributed by atoms with Gasteiger partial charge in [0.1, 0.15) is 10.7 Å². The Morgan fingerprint density at radius 3 is 2.64 bits per heavy atom. The minimum atomic E-state index is -1.17. The molecule has 0 spiro atoms. The second-order valence-electron chi connectivity index (χ2n) is 6.85. The quantitative estimate of drug-likeness (QED) is 0.416. The summed E-state index contributed by atoms with van der Waals surface area (Å²) in [7, 11) is 0. The molecule has 1 aromatic heterocycles. The van der Waals surface area contributed by atoms with Crippen LogP contribution in [0.1, 0.15) is 23.6 Å². The molecule has 0 saturated carbocycles. The lowest BCUT2D eigenvalue weighted by molar-refractivity contribution is -0.131. The van der Waals surface area contributed by atoms with Gasteiger partial charge < -0.3 is 5.32 Å². The van der Waals surface area contributed by atoms with Gasteiger partial charge in [0.2, 0.25) is 0 Å². The second-order valence-corrected chi connectivity index (χ2v) is 7.21. The molecule has 4 rings (SSSR count). The molecule has 0 unspecified atom stereocenters. The number of nitrogens with zero attached hydrogens (tertiary/aromatic N) is 3. The number of hydrogen-bond acceptors (Lipinski definition) is 4. The average molecular weight is 393 g/mol. The molecule has 3 amide bonds. The van der Waals surface area contributed by atoms with E-state index in [1.807, 2.05) is 49.4 Å². The number of hydrogen-bond donors (Lipinski definition) is 1. The number of imide groups is 1. The normalized spacial score (nSPS) is 19.6. The first-order valence-corrected chi connectivity index (χ1v) is 9.09. The van der Waals surface area contributed by atoms with E-state index in [0.717, 1.165) is 21.5 Å². The molecular formula is C21H17ClN4O2. The largest absolute Gasteiger partial charge is 0.346 e. The topological polar surface area (TPSA) is 74.7 Å². The molecule has 140 valence electrons. The van der Waals surface area contributed by atoms with Gasteiger partial charge >= 0.3 is 6.03 Å². The highest BCUT2D eigenvalue weighted by molar-refractivity contribution is 6.32. The maximum Gasteiger partial charge on any atom is 0.346 e. The summed E-state index contributed by atoms with van der Waals surface area (Å²) in [6, 6.07) is 16.1. The van der Waals surface area contributed by atoms with Crippen LogP contribution in [0.2, 0.25) is 5.15 Å². The van der Waals surface area contributed by atoms with Gasteiger partial charge in [-0.05, 0) is 37.1 Å². The number of nitrogens with one attached hydrogen (secondary N) is 1. The predicted octanol–water partition coefficient (Wildman–Crippen LogP) is 4.00. The van der Waals surface area contributed by atoms with E-state index in [0.29, 0.717) is 11.1 Å². The Hall–Kier alpha value is -3.25. The van der Waals surface area contributed by atoms with Gasteiger partial charge in [-0.3, -0.25) is 4.79 Å². The van der Waals surface area contributed by atoms with Crippen LogP contribution in [-0.4, -0.2) is 28.1 Å². The Morgan fingerprint density at radius 2 is 1.89 bits per heavy atom. The molecular weight excluding hydrogens is 376 g/mol. The third-order valence-electron chi connectivity index (χ3n) is 4.79. The zero-order chi connectivity index (χ0) is 19.9. The average Bonchev–Trinajstić information content (AvgIpc) is 2.90. The summed E-state index contributed by atoms with van der Waals surface area (Å²) in [5.74, 6) is -0.458. The maximum atomic E-state index is 12.9. The van der Waals surface area contributed by atoms with Crippen LogP contribution in [0.4, 0.5) is 4.79 Å². The highest BCUT2D eigenvalue weighted by Gasteiger charge is 2.49. The lowest BCUT2D eigenvalue weighted by Crippen LogP contribution is -2.40. The molecule has 1 aliphatic rings. The molecule has 28 heavy (non-hydrogen) atoms. The highest BCUT2D eigenvalue weighted by Crippen LogP contribution is 2.29. The number of fused-ring (bicyclic) bond motifs is 1. The molecule has 0 bridgehead atoms. The van der Waals surface area contributed by atoms with E-state index in [2.05, 4.69) is 15.4 Å². The van der Waals surface area contributed by atoms with Crippen LogP contribution in [0.5, 0.6) is 0 Å². The highest BCUT2D eigenvalue weighted by atomic mass is 35.5. The number of pyridine rings is 1. The Morgan fingerprint density at radius 1 is 1.14 bits per heavy atom. The summed E-state index contributed by atoms with van der Waals surface area (Å²) in [6.45, 7) is 3.64. The van der Waals surface area contributed by atoms with E-state index >= 15 is 0 Å². The van der Waals surface area contributed by atoms with Gasteiger partial charge in [-0.25, -0.2) is 9.78 Å². The first-order chi connectivity index (χ1) is 13.4. The predicted molar refractivity (Wildman–Crippen MR) is 108 cm³/mol. The van der Waals surface area contributed by atoms with Gasteiger partial charge in [-0.15, -0.1) is 5.01 Å². The minimum Gasteiger partial charge on any atom is -0.318 e. The van der Waals surface area contributed by atoms with Crippen LogP contribution in [0.15, 0.2) is 59.7 Å². The molecule has 3 aromatic rings. The van der Waals surface area contributed by atoms with Crippen molar-refractivity contribution in [3.63, 3.8) is 0 Å². The Labute approximate surface area is 166 Å². The van der Waals surface area contributed by atoms with Crippen LogP contribution < -0.4 is 5.32 Å². The Bertz CT molecular complexity index is 1130. The molecule has 7 heteroatoms. The van der Waals surface area contributed by atoms with E-state index in [-0.39, 0.29) is 5.15 Å². The number of aryl methyl sites for hydroxylation is 1. The first-order valence-electron chi connectivity index (χ1n) is 8.71. The van der Waals surface area contributed by atoms with Crippen molar-refractivity contribution in [2.45, 2.75) is 19.4 Å². The fourth-order valence-corrected chi connectivity index (χ4v) is 3.37. The molecule has 1 atom stereocenters. The van der Waals surface area contributed by atoms with Crippen molar-refractivity contribution in [2.75, 3.05) is 0 Å². The van der Waals surface area contributed by atoms with Crippen LogP contribution in [0.3, 0.4) is 0 Å². The molecule has 2 aromatic carbocycles. The number of halogens is 1. The number of hydrazone groups is 1. The number of benzene rings is 2. The van der Waals surface area contributed by atoms with Gasteiger partial charge in [0, 0.05) is 10.9 Å². The molecule has 1 saturated heterocycles. The van der Waals surface area contributed by atoms with Crippen molar-refractivity contribution in [2.24, 2.45) is 5.10 Å². The van der Waals surface area contributed by atoms with Crippen LogP contribution in [0, 0.1) is 6.92 Å². The third-order valence-corrected chi connectivity index (χ3v) is 5.09. The van der Waals surface area contributed by atoms with Gasteiger partial charge in [-0.2, -0.15) is 5.10 Å².